The van der Waals surface area contributed by atoms with Crippen LogP contribution in [0.3, 0.4) is 0 Å². The third-order valence-electron chi connectivity index (χ3n) is 4.01. The number of amides is 3. The van der Waals surface area contributed by atoms with Gasteiger partial charge in [-0.15, -0.1) is 0 Å². The van der Waals surface area contributed by atoms with E-state index in [1.54, 1.807) is 0 Å². The first kappa shape index (κ1) is 14.3. The Morgan fingerprint density at radius 2 is 1.58 bits per heavy atom. The molecule has 0 aromatic heterocycles. The molecule has 2 N–H and O–H groups in total. The van der Waals surface area contributed by atoms with Crippen LogP contribution in [-0.2, 0) is 4.79 Å². The molecule has 0 bridgehead atoms. The van der Waals surface area contributed by atoms with Crippen molar-refractivity contribution in [3.8, 4) is 0 Å². The molecule has 1 aliphatic heterocycles. The molecule has 1 heterocycles. The number of nitrogens with one attached hydrogen (secondary N) is 2. The van der Waals surface area contributed by atoms with Crippen molar-refractivity contribution in [1.82, 2.24) is 15.5 Å². The second-order valence-electron chi connectivity index (χ2n) is 5.69. The summed E-state index contributed by atoms with van der Waals surface area (Å²) in [5, 5.41) is 5.34. The molecule has 1 saturated heterocycles. The van der Waals surface area contributed by atoms with Gasteiger partial charge in [-0.1, -0.05) is 25.7 Å². The number of hydrogen-bond donors (Lipinski definition) is 2. The molecule has 0 aromatic carbocycles. The minimum atomic E-state index is -0.325. The van der Waals surface area contributed by atoms with Gasteiger partial charge in [0.2, 0.25) is 5.91 Å². The summed E-state index contributed by atoms with van der Waals surface area (Å²) in [6.45, 7) is 2.29. The molecule has 0 atom stereocenters. The van der Waals surface area contributed by atoms with Gasteiger partial charge < -0.3 is 5.32 Å². The Morgan fingerprint density at radius 1 is 0.947 bits per heavy atom. The molecule has 108 valence electrons. The molecule has 2 fully saturated rings. The number of carbonyl (C=O) groups excluding carboxylic acids is 2. The van der Waals surface area contributed by atoms with E-state index in [9.17, 15) is 9.59 Å². The monoisotopic (exact) mass is 267 g/mol. The van der Waals surface area contributed by atoms with Crippen molar-refractivity contribution in [2.24, 2.45) is 0 Å². The highest BCUT2D eigenvalue weighted by molar-refractivity contribution is 5.95. The highest BCUT2D eigenvalue weighted by Gasteiger charge is 2.18. The fourth-order valence-electron chi connectivity index (χ4n) is 2.96. The van der Waals surface area contributed by atoms with Gasteiger partial charge in [-0.2, -0.15) is 0 Å². The van der Waals surface area contributed by atoms with Gasteiger partial charge in [0.05, 0.1) is 6.54 Å². The number of carbonyl (C=O) groups is 2. The summed E-state index contributed by atoms with van der Waals surface area (Å²) in [5.41, 5.74) is 0. The lowest BCUT2D eigenvalue weighted by atomic mass is 9.96. The second kappa shape index (κ2) is 7.48. The standard InChI is InChI=1S/C14H25N3O2/c18-13(11-17-9-5-2-6-10-17)16-14(19)15-12-7-3-1-4-8-12/h12H,1-11H2,(H2,15,16,18,19). The zero-order valence-electron chi connectivity index (χ0n) is 11.6. The van der Waals surface area contributed by atoms with Crippen LogP contribution in [0.1, 0.15) is 51.4 Å². The van der Waals surface area contributed by atoms with E-state index in [0.29, 0.717) is 6.54 Å². The molecule has 2 rings (SSSR count). The second-order valence-corrected chi connectivity index (χ2v) is 5.69. The van der Waals surface area contributed by atoms with E-state index in [1.165, 1.54) is 25.7 Å². The molecule has 5 nitrogen and oxygen atoms in total. The molecule has 19 heavy (non-hydrogen) atoms. The van der Waals surface area contributed by atoms with Gasteiger partial charge in [0.25, 0.3) is 0 Å². The van der Waals surface area contributed by atoms with Crippen molar-refractivity contribution in [1.29, 1.82) is 0 Å². The largest absolute Gasteiger partial charge is 0.335 e. The summed E-state index contributed by atoms with van der Waals surface area (Å²) >= 11 is 0. The normalized spacial score (nSPS) is 21.9. The smallest absolute Gasteiger partial charge is 0.321 e. The predicted octanol–water partition coefficient (Wildman–Crippen LogP) is 1.63. The Bertz CT molecular complexity index is 278. The molecular formula is C14H25N3O2. The highest BCUT2D eigenvalue weighted by Crippen LogP contribution is 2.17. The fraction of sp³-hybridized carbons (Fsp3) is 0.857. The van der Waals surface area contributed by atoms with E-state index in [0.717, 1.165) is 38.8 Å². The average Bonchev–Trinajstić information content (AvgIpc) is 2.40. The van der Waals surface area contributed by atoms with Crippen LogP contribution in [0.2, 0.25) is 0 Å². The number of rotatable bonds is 3. The van der Waals surface area contributed by atoms with Crippen molar-refractivity contribution < 1.29 is 9.59 Å². The van der Waals surface area contributed by atoms with Crippen LogP contribution in [0, 0.1) is 0 Å². The minimum absolute atomic E-state index is 0.185. The lowest BCUT2D eigenvalue weighted by molar-refractivity contribution is -0.121. The van der Waals surface area contributed by atoms with E-state index in [2.05, 4.69) is 15.5 Å². The number of hydrogen-bond acceptors (Lipinski definition) is 3. The maximum absolute atomic E-state index is 11.7. The average molecular weight is 267 g/mol. The van der Waals surface area contributed by atoms with E-state index >= 15 is 0 Å². The Morgan fingerprint density at radius 3 is 2.26 bits per heavy atom. The molecule has 2 aliphatic rings. The van der Waals surface area contributed by atoms with E-state index in [4.69, 9.17) is 0 Å². The summed E-state index contributed by atoms with van der Waals surface area (Å²) in [6, 6.07) is -0.0783. The SMILES string of the molecule is O=C(CN1CCCCC1)NC(=O)NC1CCCCC1. The van der Waals surface area contributed by atoms with E-state index in [-0.39, 0.29) is 18.0 Å². The number of likely N-dealkylation sites (tertiary alicyclic amines) is 1. The lowest BCUT2D eigenvalue weighted by Gasteiger charge is -2.26. The van der Waals surface area contributed by atoms with Gasteiger partial charge in [-0.3, -0.25) is 15.0 Å². The molecule has 0 radical (unpaired) electrons. The lowest BCUT2D eigenvalue weighted by Crippen LogP contribution is -2.48. The fourth-order valence-corrected chi connectivity index (χ4v) is 2.96. The first-order valence-electron chi connectivity index (χ1n) is 7.57. The third kappa shape index (κ3) is 5.19. The number of imide groups is 1. The molecule has 0 aromatic rings. The summed E-state index contributed by atoms with van der Waals surface area (Å²) in [7, 11) is 0. The van der Waals surface area contributed by atoms with E-state index in [1.807, 2.05) is 0 Å². The highest BCUT2D eigenvalue weighted by atomic mass is 16.2. The van der Waals surface area contributed by atoms with E-state index < -0.39 is 0 Å². The zero-order chi connectivity index (χ0) is 13.5. The topological polar surface area (TPSA) is 61.4 Å². The molecule has 5 heteroatoms. The van der Waals surface area contributed by atoms with Crippen molar-refractivity contribution in [3.63, 3.8) is 0 Å². The van der Waals surface area contributed by atoms with Crippen LogP contribution in [0.15, 0.2) is 0 Å². The first-order valence-corrected chi connectivity index (χ1v) is 7.57. The van der Waals surface area contributed by atoms with Crippen LogP contribution in [0.5, 0.6) is 0 Å². The Balaban J connectivity index is 1.64. The third-order valence-corrected chi connectivity index (χ3v) is 4.01. The summed E-state index contributed by atoms with van der Waals surface area (Å²) in [5.74, 6) is -0.185. The van der Waals surface area contributed by atoms with Crippen molar-refractivity contribution in [2.45, 2.75) is 57.4 Å². The maximum Gasteiger partial charge on any atom is 0.321 e. The zero-order valence-corrected chi connectivity index (χ0v) is 11.6. The van der Waals surface area contributed by atoms with Crippen molar-refractivity contribution in [3.05, 3.63) is 0 Å². The van der Waals surface area contributed by atoms with Gasteiger partial charge in [0.1, 0.15) is 0 Å². The molecular weight excluding hydrogens is 242 g/mol. The number of urea groups is 1. The Hall–Kier alpha value is -1.10. The van der Waals surface area contributed by atoms with Gasteiger partial charge in [-0.25, -0.2) is 4.79 Å². The van der Waals surface area contributed by atoms with Crippen LogP contribution in [0.25, 0.3) is 0 Å². The van der Waals surface area contributed by atoms with Crippen LogP contribution in [-0.4, -0.2) is 42.5 Å². The Kier molecular flexibility index (Phi) is 5.63. The molecule has 1 aliphatic carbocycles. The molecule has 0 spiro atoms. The summed E-state index contributed by atoms with van der Waals surface area (Å²) < 4.78 is 0. The Labute approximate surface area is 115 Å². The first-order chi connectivity index (χ1) is 9.24. The summed E-state index contributed by atoms with van der Waals surface area (Å²) in [4.78, 5) is 25.6. The number of piperidine rings is 1. The molecule has 3 amide bonds. The molecule has 1 saturated carbocycles. The van der Waals surface area contributed by atoms with Crippen LogP contribution in [0.4, 0.5) is 4.79 Å². The quantitative estimate of drug-likeness (QED) is 0.817. The maximum atomic E-state index is 11.7. The van der Waals surface area contributed by atoms with Crippen molar-refractivity contribution >= 4 is 11.9 Å². The number of nitrogens with zero attached hydrogens (tertiary/aromatic N) is 1. The van der Waals surface area contributed by atoms with Crippen LogP contribution < -0.4 is 10.6 Å². The predicted molar refractivity (Wildman–Crippen MR) is 73.8 cm³/mol. The van der Waals surface area contributed by atoms with Gasteiger partial charge in [0, 0.05) is 6.04 Å². The van der Waals surface area contributed by atoms with Gasteiger partial charge in [-0.05, 0) is 38.8 Å². The van der Waals surface area contributed by atoms with Gasteiger partial charge in [0.15, 0.2) is 0 Å². The minimum Gasteiger partial charge on any atom is -0.335 e. The molecule has 0 unspecified atom stereocenters. The van der Waals surface area contributed by atoms with Crippen molar-refractivity contribution in [2.75, 3.05) is 19.6 Å². The summed E-state index contributed by atoms with van der Waals surface area (Å²) in [6.07, 6.45) is 9.23. The van der Waals surface area contributed by atoms with Crippen LogP contribution >= 0.6 is 0 Å². The van der Waals surface area contributed by atoms with Gasteiger partial charge >= 0.3 is 6.03 Å².